The molecule has 0 bridgehead atoms. The van der Waals surface area contributed by atoms with Gasteiger partial charge in [-0.15, -0.1) is 0 Å². The number of nitrogens with one attached hydrogen (secondary N) is 3. The van der Waals surface area contributed by atoms with E-state index in [1.807, 2.05) is 43.3 Å². The highest BCUT2D eigenvalue weighted by molar-refractivity contribution is 6.00. The summed E-state index contributed by atoms with van der Waals surface area (Å²) in [7, 11) is 1.78. The van der Waals surface area contributed by atoms with Gasteiger partial charge in [0.2, 0.25) is 11.8 Å². The molecule has 1 saturated heterocycles. The van der Waals surface area contributed by atoms with E-state index in [1.54, 1.807) is 41.2 Å². The zero-order valence-electron chi connectivity index (χ0n) is 18.5. The Morgan fingerprint density at radius 1 is 1.09 bits per heavy atom. The van der Waals surface area contributed by atoms with Gasteiger partial charge in [-0.05, 0) is 42.3 Å². The van der Waals surface area contributed by atoms with Crippen LogP contribution in [0.5, 0.6) is 0 Å². The second kappa shape index (κ2) is 9.56. The van der Waals surface area contributed by atoms with Crippen LogP contribution in [0.1, 0.15) is 17.5 Å². The molecule has 9 heteroatoms. The molecule has 0 saturated carbocycles. The molecule has 0 aliphatic carbocycles. The molecule has 3 aromatic rings. The van der Waals surface area contributed by atoms with Crippen molar-refractivity contribution in [2.24, 2.45) is 13.0 Å². The van der Waals surface area contributed by atoms with Crippen LogP contribution in [0.4, 0.5) is 21.9 Å². The van der Waals surface area contributed by atoms with Crippen LogP contribution in [0, 0.1) is 12.8 Å². The molecule has 4 amide bonds. The predicted octanol–water partition coefficient (Wildman–Crippen LogP) is 3.04. The van der Waals surface area contributed by atoms with Gasteiger partial charge < -0.3 is 20.9 Å². The molecule has 1 aliphatic rings. The fourth-order valence-electron chi connectivity index (χ4n) is 3.79. The predicted molar refractivity (Wildman–Crippen MR) is 126 cm³/mol. The number of benzene rings is 2. The fraction of sp³-hybridized carbons (Fsp3) is 0.250. The summed E-state index contributed by atoms with van der Waals surface area (Å²) in [6, 6.07) is 14.5. The van der Waals surface area contributed by atoms with Gasteiger partial charge >= 0.3 is 6.03 Å². The number of carbonyl (C=O) groups is 3. The normalized spacial score (nSPS) is 15.4. The maximum Gasteiger partial charge on any atom is 0.323 e. The summed E-state index contributed by atoms with van der Waals surface area (Å²) in [5.41, 5.74) is 3.91. The van der Waals surface area contributed by atoms with Crippen LogP contribution in [-0.2, 0) is 23.2 Å². The van der Waals surface area contributed by atoms with E-state index in [0.717, 1.165) is 11.1 Å². The first kappa shape index (κ1) is 22.1. The first-order valence-corrected chi connectivity index (χ1v) is 10.7. The number of nitrogens with zero attached hydrogens (tertiary/aromatic N) is 3. The number of aryl methyl sites for hydroxylation is 2. The van der Waals surface area contributed by atoms with E-state index in [4.69, 9.17) is 0 Å². The van der Waals surface area contributed by atoms with E-state index < -0.39 is 5.92 Å². The fourth-order valence-corrected chi connectivity index (χ4v) is 3.79. The molecule has 1 aliphatic heterocycles. The summed E-state index contributed by atoms with van der Waals surface area (Å²) >= 11 is 0. The average Bonchev–Trinajstić information content (AvgIpc) is 3.37. The summed E-state index contributed by atoms with van der Waals surface area (Å²) in [6.07, 6.45) is 3.54. The molecular weight excluding hydrogens is 420 g/mol. The van der Waals surface area contributed by atoms with Crippen molar-refractivity contribution in [2.75, 3.05) is 22.1 Å². The SMILES string of the molecule is Cc1cccc(NC(=O)Nc2cccc(CNC(=O)C3CC(=O)N(c4cnn(C)c4)C3)c2)c1. The largest absolute Gasteiger partial charge is 0.352 e. The zero-order chi connectivity index (χ0) is 23.4. The highest BCUT2D eigenvalue weighted by Crippen LogP contribution is 2.24. The molecule has 2 aromatic carbocycles. The van der Waals surface area contributed by atoms with E-state index in [1.165, 1.54) is 0 Å². The zero-order valence-corrected chi connectivity index (χ0v) is 18.5. The first-order chi connectivity index (χ1) is 15.9. The topological polar surface area (TPSA) is 108 Å². The van der Waals surface area contributed by atoms with E-state index >= 15 is 0 Å². The number of anilines is 3. The third kappa shape index (κ3) is 5.57. The van der Waals surface area contributed by atoms with Gasteiger partial charge in [-0.2, -0.15) is 5.10 Å². The Bertz CT molecular complexity index is 1190. The Morgan fingerprint density at radius 3 is 2.52 bits per heavy atom. The second-order valence-corrected chi connectivity index (χ2v) is 8.14. The number of hydrogen-bond donors (Lipinski definition) is 3. The summed E-state index contributed by atoms with van der Waals surface area (Å²) in [6.45, 7) is 2.58. The average molecular weight is 447 g/mol. The van der Waals surface area contributed by atoms with Gasteiger partial charge in [0.1, 0.15) is 0 Å². The molecule has 9 nitrogen and oxygen atoms in total. The molecule has 4 rings (SSSR count). The minimum absolute atomic E-state index is 0.0889. The maximum atomic E-state index is 12.6. The molecule has 170 valence electrons. The van der Waals surface area contributed by atoms with Crippen molar-refractivity contribution in [2.45, 2.75) is 19.9 Å². The van der Waals surface area contributed by atoms with Crippen LogP contribution >= 0.6 is 0 Å². The number of amides is 4. The lowest BCUT2D eigenvalue weighted by Crippen LogP contribution is -2.32. The third-order valence-corrected chi connectivity index (χ3v) is 5.43. The lowest BCUT2D eigenvalue weighted by atomic mass is 10.1. The minimum atomic E-state index is -0.417. The Kier molecular flexibility index (Phi) is 6.39. The molecule has 1 atom stereocenters. The van der Waals surface area contributed by atoms with E-state index in [0.29, 0.717) is 30.2 Å². The van der Waals surface area contributed by atoms with Crippen molar-refractivity contribution in [1.29, 1.82) is 0 Å². The highest BCUT2D eigenvalue weighted by Gasteiger charge is 2.35. The lowest BCUT2D eigenvalue weighted by molar-refractivity contribution is -0.126. The van der Waals surface area contributed by atoms with Gasteiger partial charge in [-0.3, -0.25) is 14.3 Å². The van der Waals surface area contributed by atoms with Gasteiger partial charge in [0.25, 0.3) is 0 Å². The number of carbonyl (C=O) groups excluding carboxylic acids is 3. The summed E-state index contributed by atoms with van der Waals surface area (Å²) in [4.78, 5) is 38.9. The molecule has 0 radical (unpaired) electrons. The van der Waals surface area contributed by atoms with Crippen LogP contribution in [0.3, 0.4) is 0 Å². The number of hydrogen-bond acceptors (Lipinski definition) is 4. The Morgan fingerprint density at radius 2 is 1.82 bits per heavy atom. The molecule has 1 unspecified atom stereocenters. The quantitative estimate of drug-likeness (QED) is 0.541. The van der Waals surface area contributed by atoms with E-state index in [-0.39, 0.29) is 24.3 Å². The number of urea groups is 1. The van der Waals surface area contributed by atoms with Crippen LogP contribution in [0.25, 0.3) is 0 Å². The Balaban J connectivity index is 1.30. The second-order valence-electron chi connectivity index (χ2n) is 8.14. The number of aromatic nitrogens is 2. The van der Waals surface area contributed by atoms with Crippen molar-refractivity contribution in [3.05, 3.63) is 72.1 Å². The highest BCUT2D eigenvalue weighted by atomic mass is 16.2. The number of rotatable bonds is 6. The first-order valence-electron chi connectivity index (χ1n) is 10.7. The minimum Gasteiger partial charge on any atom is -0.352 e. The van der Waals surface area contributed by atoms with Crippen LogP contribution in [-0.4, -0.2) is 34.2 Å². The van der Waals surface area contributed by atoms with Crippen molar-refractivity contribution in [3.8, 4) is 0 Å². The van der Waals surface area contributed by atoms with Crippen LogP contribution < -0.4 is 20.9 Å². The van der Waals surface area contributed by atoms with Gasteiger partial charge in [0.05, 0.1) is 17.8 Å². The summed E-state index contributed by atoms with van der Waals surface area (Å²) in [5, 5.41) is 12.6. The standard InChI is InChI=1S/C24H26N6O3/c1-16-5-3-7-19(9-16)27-24(33)28-20-8-4-6-17(10-20)12-25-23(32)18-11-22(31)30(14-18)21-13-26-29(2)15-21/h3-10,13,15,18H,11-12,14H2,1-2H3,(H,25,32)(H2,27,28,33). The summed E-state index contributed by atoms with van der Waals surface area (Å²) in [5.74, 6) is -0.682. The van der Waals surface area contributed by atoms with Gasteiger partial charge in [0, 0.05) is 44.1 Å². The smallest absolute Gasteiger partial charge is 0.323 e. The summed E-state index contributed by atoms with van der Waals surface area (Å²) < 4.78 is 1.62. The molecular formula is C24H26N6O3. The van der Waals surface area contributed by atoms with Crippen molar-refractivity contribution >= 4 is 34.9 Å². The van der Waals surface area contributed by atoms with Gasteiger partial charge in [0.15, 0.2) is 0 Å². The molecule has 33 heavy (non-hydrogen) atoms. The van der Waals surface area contributed by atoms with E-state index in [9.17, 15) is 14.4 Å². The Hall–Kier alpha value is -4.14. The van der Waals surface area contributed by atoms with E-state index in [2.05, 4.69) is 21.0 Å². The van der Waals surface area contributed by atoms with Crippen molar-refractivity contribution in [3.63, 3.8) is 0 Å². The molecule has 0 spiro atoms. The third-order valence-electron chi connectivity index (χ3n) is 5.43. The van der Waals surface area contributed by atoms with Gasteiger partial charge in [-0.1, -0.05) is 24.3 Å². The van der Waals surface area contributed by atoms with Crippen molar-refractivity contribution < 1.29 is 14.4 Å². The molecule has 3 N–H and O–H groups in total. The molecule has 1 aromatic heterocycles. The molecule has 2 heterocycles. The lowest BCUT2D eigenvalue weighted by Gasteiger charge is -2.14. The maximum absolute atomic E-state index is 12.6. The van der Waals surface area contributed by atoms with Crippen LogP contribution in [0.15, 0.2) is 60.9 Å². The monoisotopic (exact) mass is 446 g/mol. The van der Waals surface area contributed by atoms with Gasteiger partial charge in [-0.25, -0.2) is 4.79 Å². The Labute approximate surface area is 191 Å². The van der Waals surface area contributed by atoms with Crippen LogP contribution in [0.2, 0.25) is 0 Å². The van der Waals surface area contributed by atoms with Crippen molar-refractivity contribution in [1.82, 2.24) is 15.1 Å². The molecule has 1 fully saturated rings.